The highest BCUT2D eigenvalue weighted by molar-refractivity contribution is 6.27. The van der Waals surface area contributed by atoms with E-state index in [0.717, 1.165) is 43.4 Å². The van der Waals surface area contributed by atoms with Crippen molar-refractivity contribution in [3.05, 3.63) is 65.7 Å². The van der Waals surface area contributed by atoms with E-state index in [4.69, 9.17) is 0 Å². The van der Waals surface area contributed by atoms with Crippen molar-refractivity contribution in [1.29, 1.82) is 0 Å². The van der Waals surface area contributed by atoms with Gasteiger partial charge in [-0.25, -0.2) is 4.39 Å². The lowest BCUT2D eigenvalue weighted by molar-refractivity contribution is -0.531. The van der Waals surface area contributed by atoms with Gasteiger partial charge in [-0.3, -0.25) is 23.8 Å². The number of likely N-dealkylation sites (N-methyl/N-ethyl adjacent to an activating group) is 1. The van der Waals surface area contributed by atoms with Crippen LogP contribution in [0.5, 0.6) is 0 Å². The fourth-order valence-electron chi connectivity index (χ4n) is 3.87. The van der Waals surface area contributed by atoms with E-state index in [9.17, 15) is 75.4 Å². The Morgan fingerprint density at radius 1 is 0.696 bits per heavy atom. The Kier molecular flexibility index (Phi) is 9.00. The number of ketones is 1. The number of hydrogen-bond donors (Lipinski definition) is 0. The van der Waals surface area contributed by atoms with Gasteiger partial charge in [0.1, 0.15) is 0 Å². The Morgan fingerprint density at radius 3 is 1.67 bits per heavy atom. The van der Waals surface area contributed by atoms with Crippen molar-refractivity contribution in [2.24, 2.45) is 0 Å². The number of hydrogen-bond acceptors (Lipinski definition) is 5. The Balaban J connectivity index is 2.22. The summed E-state index contributed by atoms with van der Waals surface area (Å²) < 4.78 is 226. The van der Waals surface area contributed by atoms with Crippen molar-refractivity contribution in [3.8, 4) is 0 Å². The molecule has 1 heterocycles. The van der Waals surface area contributed by atoms with Crippen molar-refractivity contribution in [2.45, 2.75) is 54.4 Å². The molecule has 256 valence electrons. The van der Waals surface area contributed by atoms with E-state index in [1.54, 1.807) is 4.74 Å². The molecule has 0 bridgehead atoms. The van der Waals surface area contributed by atoms with E-state index >= 15 is 4.39 Å². The second-order valence-electron chi connectivity index (χ2n) is 9.16. The molecule has 0 fully saturated rings. The molecule has 1 amide bonds. The minimum atomic E-state index is -7.77. The van der Waals surface area contributed by atoms with Crippen molar-refractivity contribution in [2.75, 3.05) is 11.9 Å². The van der Waals surface area contributed by atoms with Crippen LogP contribution in [0.1, 0.15) is 15.9 Å². The van der Waals surface area contributed by atoms with Gasteiger partial charge in [0, 0.05) is 18.2 Å². The first-order valence-electron chi connectivity index (χ1n) is 11.6. The fourth-order valence-corrected chi connectivity index (χ4v) is 3.87. The summed E-state index contributed by atoms with van der Waals surface area (Å²) in [4.78, 5) is 27.3. The standard InChI is InChI=1S/C24H13F16NO5/c1-41-13-10-6-5-9-12(13)14(42)17(16(41)43,11-7-3-2-4-8-11)45-24(40,22(35,36)37)44-15(25)18(26,20(29,30)31)46-23(38,39)19(27,28)21(32,33)34/h2-10,15H,1H3. The lowest BCUT2D eigenvalue weighted by atomic mass is 9.80. The average molecular weight is 699 g/mol. The molecule has 0 N–H and O–H groups in total. The first-order valence-corrected chi connectivity index (χ1v) is 11.6. The van der Waals surface area contributed by atoms with Gasteiger partial charge in [-0.1, -0.05) is 42.5 Å². The first-order chi connectivity index (χ1) is 20.6. The van der Waals surface area contributed by atoms with Gasteiger partial charge in [0.25, 0.3) is 12.3 Å². The molecule has 0 saturated heterocycles. The highest BCUT2D eigenvalue weighted by atomic mass is 19.4. The smallest absolute Gasteiger partial charge is 0.312 e. The van der Waals surface area contributed by atoms with Crippen LogP contribution in [0.15, 0.2) is 54.6 Å². The Hall–Kier alpha value is -3.66. The van der Waals surface area contributed by atoms with E-state index in [2.05, 4.69) is 9.47 Å². The number of halogens is 16. The second kappa shape index (κ2) is 11.2. The van der Waals surface area contributed by atoms with Crippen LogP contribution in [0, 0.1) is 0 Å². The summed E-state index contributed by atoms with van der Waals surface area (Å²) >= 11 is 0. The Labute approximate surface area is 244 Å². The average Bonchev–Trinajstić information content (AvgIpc) is 2.92. The molecule has 0 aromatic heterocycles. The molecule has 4 atom stereocenters. The number of carbonyl (C=O) groups excluding carboxylic acids is 2. The third-order valence-corrected chi connectivity index (χ3v) is 6.17. The van der Waals surface area contributed by atoms with Gasteiger partial charge in [0.05, 0.1) is 5.69 Å². The maximum absolute atomic E-state index is 15.7. The number of anilines is 1. The van der Waals surface area contributed by atoms with Gasteiger partial charge in [-0.15, -0.1) is 0 Å². The number of amides is 1. The Bertz CT molecular complexity index is 1460. The molecular formula is C24H13F16NO5. The highest BCUT2D eigenvalue weighted by Gasteiger charge is 2.81. The molecule has 0 radical (unpaired) electrons. The normalized spacial score (nSPS) is 21.8. The molecule has 1 aliphatic heterocycles. The van der Waals surface area contributed by atoms with Crippen LogP contribution in [0.2, 0.25) is 0 Å². The minimum Gasteiger partial charge on any atom is -0.312 e. The van der Waals surface area contributed by atoms with Gasteiger partial charge in [-0.05, 0) is 12.1 Å². The summed E-state index contributed by atoms with van der Waals surface area (Å²) in [6, 6.07) is 1.48. The van der Waals surface area contributed by atoms with Crippen LogP contribution < -0.4 is 4.90 Å². The van der Waals surface area contributed by atoms with Crippen LogP contribution in [-0.4, -0.2) is 67.6 Å². The predicted octanol–water partition coefficient (Wildman–Crippen LogP) is 7.29. The number of ether oxygens (including phenoxy) is 3. The van der Waals surface area contributed by atoms with Crippen LogP contribution in [0.3, 0.4) is 0 Å². The zero-order valence-corrected chi connectivity index (χ0v) is 21.8. The molecule has 2 aromatic carbocycles. The third-order valence-electron chi connectivity index (χ3n) is 6.17. The monoisotopic (exact) mass is 699 g/mol. The summed E-state index contributed by atoms with van der Waals surface area (Å²) in [6.45, 7) is 0. The van der Waals surface area contributed by atoms with Crippen LogP contribution in [0.4, 0.5) is 75.9 Å². The van der Waals surface area contributed by atoms with E-state index < -0.39 is 77.2 Å². The van der Waals surface area contributed by atoms with Crippen LogP contribution in [0.25, 0.3) is 0 Å². The summed E-state index contributed by atoms with van der Waals surface area (Å²) in [6.07, 6.45) is -36.2. The van der Waals surface area contributed by atoms with E-state index in [0.29, 0.717) is 17.0 Å². The number of nitrogens with zero attached hydrogens (tertiary/aromatic N) is 1. The summed E-state index contributed by atoms with van der Waals surface area (Å²) in [7, 11) is 0.758. The largest absolute Gasteiger partial charge is 0.478 e. The van der Waals surface area contributed by atoms with Gasteiger partial charge in [-0.2, -0.15) is 65.9 Å². The zero-order chi connectivity index (χ0) is 35.5. The number of Topliss-reactive ketones (excluding diaryl/α,β-unsaturated/α-hetero) is 1. The van der Waals surface area contributed by atoms with Crippen LogP contribution in [-0.2, 0) is 24.6 Å². The molecule has 3 rings (SSSR count). The van der Waals surface area contributed by atoms with Crippen molar-refractivity contribution < 1.29 is 94.0 Å². The molecule has 0 saturated carbocycles. The molecule has 2 aromatic rings. The van der Waals surface area contributed by atoms with E-state index in [1.165, 1.54) is 6.07 Å². The molecule has 46 heavy (non-hydrogen) atoms. The third kappa shape index (κ3) is 5.73. The number of fused-ring (bicyclic) bond motifs is 1. The number of alkyl halides is 16. The molecule has 0 aliphatic carbocycles. The van der Waals surface area contributed by atoms with Gasteiger partial charge in [0.2, 0.25) is 11.4 Å². The van der Waals surface area contributed by atoms with Crippen molar-refractivity contribution in [1.82, 2.24) is 0 Å². The van der Waals surface area contributed by atoms with Gasteiger partial charge >= 0.3 is 42.5 Å². The lowest BCUT2D eigenvalue weighted by Crippen LogP contribution is -2.66. The summed E-state index contributed by atoms with van der Waals surface area (Å²) in [5.41, 5.74) is -6.25. The number of carbonyl (C=O) groups is 2. The fraction of sp³-hybridized carbons (Fsp3) is 0.417. The van der Waals surface area contributed by atoms with E-state index in [1.807, 2.05) is 0 Å². The molecular weight excluding hydrogens is 686 g/mol. The first kappa shape index (κ1) is 36.8. The molecule has 6 nitrogen and oxygen atoms in total. The second-order valence-corrected chi connectivity index (χ2v) is 9.16. The maximum atomic E-state index is 15.7. The highest BCUT2D eigenvalue weighted by Crippen LogP contribution is 2.54. The molecule has 22 heteroatoms. The minimum absolute atomic E-state index is 0.353. The topological polar surface area (TPSA) is 65.1 Å². The number of rotatable bonds is 9. The van der Waals surface area contributed by atoms with Gasteiger partial charge < -0.3 is 4.90 Å². The van der Waals surface area contributed by atoms with Crippen molar-refractivity contribution >= 4 is 17.4 Å². The van der Waals surface area contributed by atoms with Crippen LogP contribution >= 0.6 is 0 Å². The number of benzene rings is 2. The Morgan fingerprint density at radius 2 is 1.20 bits per heavy atom. The maximum Gasteiger partial charge on any atom is 0.478 e. The molecule has 0 spiro atoms. The zero-order valence-electron chi connectivity index (χ0n) is 21.8. The summed E-state index contributed by atoms with van der Waals surface area (Å²) in [5.74, 6) is -19.1. The molecule has 1 aliphatic rings. The number of para-hydroxylation sites is 1. The predicted molar refractivity (Wildman–Crippen MR) is 116 cm³/mol. The SMILES string of the molecule is CN1C(=O)C(OC(F)(OC(F)C(F)(OC(F)(F)C(F)(F)C(F)(F)F)C(F)(F)F)C(F)(F)F)(c2ccccc2)C(=O)c2ccccc21. The van der Waals surface area contributed by atoms with E-state index in [-0.39, 0.29) is 5.69 Å². The van der Waals surface area contributed by atoms with Gasteiger partial charge in [0.15, 0.2) is 0 Å². The summed E-state index contributed by atoms with van der Waals surface area (Å²) in [5, 5.41) is 0. The quantitative estimate of drug-likeness (QED) is 0.156. The lowest BCUT2D eigenvalue weighted by Gasteiger charge is -2.44. The molecule has 4 unspecified atom stereocenters. The van der Waals surface area contributed by atoms with Crippen molar-refractivity contribution in [3.63, 3.8) is 0 Å².